The normalized spacial score (nSPS) is 16.6. The maximum absolute atomic E-state index is 12.1. The van der Waals surface area contributed by atoms with Crippen LogP contribution in [-0.2, 0) is 6.42 Å². The van der Waals surface area contributed by atoms with Gasteiger partial charge >= 0.3 is 0 Å². The van der Waals surface area contributed by atoms with E-state index in [4.69, 9.17) is 0 Å². The third-order valence-corrected chi connectivity index (χ3v) is 3.74. The summed E-state index contributed by atoms with van der Waals surface area (Å²) in [5, 5.41) is 13.0. The summed E-state index contributed by atoms with van der Waals surface area (Å²) in [7, 11) is 0. The summed E-state index contributed by atoms with van der Waals surface area (Å²) < 4.78 is 0. The van der Waals surface area contributed by atoms with Gasteiger partial charge in [-0.2, -0.15) is 0 Å². The van der Waals surface area contributed by atoms with E-state index >= 15 is 0 Å². The van der Waals surface area contributed by atoms with Gasteiger partial charge in [0, 0.05) is 23.8 Å². The van der Waals surface area contributed by atoms with E-state index in [9.17, 15) is 4.79 Å². The molecule has 1 fully saturated rings. The molecule has 20 heavy (non-hydrogen) atoms. The molecule has 0 saturated heterocycles. The van der Waals surface area contributed by atoms with Gasteiger partial charge in [0.25, 0.3) is 5.91 Å². The van der Waals surface area contributed by atoms with Crippen molar-refractivity contribution in [2.24, 2.45) is 0 Å². The molecular weight excluding hydrogens is 254 g/mol. The number of rotatable bonds is 3. The number of anilines is 2. The fraction of sp³-hybridized carbons (Fsp3) is 0.357. The minimum atomic E-state index is -0.265. The second kappa shape index (κ2) is 4.33. The molecular formula is C14H15N5O. The Bertz CT molecular complexity index is 674. The van der Waals surface area contributed by atoms with Crippen molar-refractivity contribution in [1.29, 1.82) is 0 Å². The number of carbonyl (C=O) groups is 1. The van der Waals surface area contributed by atoms with Crippen molar-refractivity contribution < 1.29 is 4.79 Å². The van der Waals surface area contributed by atoms with E-state index in [2.05, 4.69) is 25.8 Å². The van der Waals surface area contributed by atoms with Crippen LogP contribution in [0.1, 0.15) is 40.8 Å². The molecule has 6 heteroatoms. The molecule has 3 N–H and O–H groups in total. The van der Waals surface area contributed by atoms with Crippen LogP contribution in [0, 0.1) is 0 Å². The Labute approximate surface area is 116 Å². The number of carbonyl (C=O) groups excluding carboxylic acids is 1. The van der Waals surface area contributed by atoms with E-state index in [1.165, 1.54) is 5.56 Å². The second-order valence-corrected chi connectivity index (χ2v) is 5.32. The molecule has 1 aliphatic heterocycles. The fourth-order valence-electron chi connectivity index (χ4n) is 2.48. The maximum Gasteiger partial charge on any atom is 0.295 e. The smallest absolute Gasteiger partial charge is 0.295 e. The molecule has 1 aromatic carbocycles. The van der Waals surface area contributed by atoms with Crippen LogP contribution in [0.2, 0.25) is 0 Å². The number of H-pyrrole nitrogens is 1. The van der Waals surface area contributed by atoms with Crippen molar-refractivity contribution in [3.05, 3.63) is 35.4 Å². The van der Waals surface area contributed by atoms with Gasteiger partial charge in [0.2, 0.25) is 5.82 Å². The third kappa shape index (κ3) is 2.03. The molecule has 2 aliphatic rings. The third-order valence-electron chi connectivity index (χ3n) is 3.74. The number of aromatic amines is 1. The van der Waals surface area contributed by atoms with Crippen LogP contribution in [0.25, 0.3) is 0 Å². The van der Waals surface area contributed by atoms with Crippen molar-refractivity contribution in [3.8, 4) is 0 Å². The van der Waals surface area contributed by atoms with Crippen LogP contribution in [0.15, 0.2) is 18.2 Å². The lowest BCUT2D eigenvalue weighted by Crippen LogP contribution is -2.14. The molecule has 1 amide bonds. The first-order valence-electron chi connectivity index (χ1n) is 6.90. The van der Waals surface area contributed by atoms with Crippen molar-refractivity contribution >= 4 is 17.3 Å². The van der Waals surface area contributed by atoms with Gasteiger partial charge in [0.15, 0.2) is 0 Å². The molecule has 2 heterocycles. The van der Waals surface area contributed by atoms with Gasteiger partial charge in [-0.05, 0) is 43.0 Å². The van der Waals surface area contributed by atoms with Crippen LogP contribution in [0.4, 0.5) is 11.4 Å². The fourth-order valence-corrected chi connectivity index (χ4v) is 2.48. The number of nitrogens with one attached hydrogen (secondary N) is 3. The predicted molar refractivity (Wildman–Crippen MR) is 74.9 cm³/mol. The summed E-state index contributed by atoms with van der Waals surface area (Å²) in [6.45, 7) is 0.957. The SMILES string of the molecule is O=C(Nc1ccc2c(c1)CCN2)c1n[nH]c(C2CC2)n1. The first kappa shape index (κ1) is 11.5. The first-order valence-corrected chi connectivity index (χ1v) is 6.90. The van der Waals surface area contributed by atoms with Gasteiger partial charge in [0.05, 0.1) is 0 Å². The Hall–Kier alpha value is -2.37. The molecule has 6 nitrogen and oxygen atoms in total. The Morgan fingerprint density at radius 2 is 2.25 bits per heavy atom. The molecule has 102 valence electrons. The van der Waals surface area contributed by atoms with Crippen molar-refractivity contribution in [2.75, 3.05) is 17.2 Å². The quantitative estimate of drug-likeness (QED) is 0.794. The van der Waals surface area contributed by atoms with E-state index in [-0.39, 0.29) is 11.7 Å². The molecule has 4 rings (SSSR count). The highest BCUT2D eigenvalue weighted by atomic mass is 16.2. The van der Waals surface area contributed by atoms with Gasteiger partial charge in [-0.25, -0.2) is 4.98 Å². The maximum atomic E-state index is 12.1. The van der Waals surface area contributed by atoms with Gasteiger partial charge in [-0.1, -0.05) is 0 Å². The zero-order valence-corrected chi connectivity index (χ0v) is 10.9. The highest BCUT2D eigenvalue weighted by Gasteiger charge is 2.28. The first-order chi connectivity index (χ1) is 9.79. The highest BCUT2D eigenvalue weighted by molar-refractivity contribution is 6.01. The molecule has 2 aromatic rings. The lowest BCUT2D eigenvalue weighted by atomic mass is 10.1. The van der Waals surface area contributed by atoms with Crippen molar-refractivity contribution in [3.63, 3.8) is 0 Å². The van der Waals surface area contributed by atoms with E-state index in [1.807, 2.05) is 18.2 Å². The molecule has 1 aliphatic carbocycles. The lowest BCUT2D eigenvalue weighted by molar-refractivity contribution is 0.101. The van der Waals surface area contributed by atoms with Crippen LogP contribution >= 0.6 is 0 Å². The number of amides is 1. The standard InChI is InChI=1S/C14H15N5O/c20-14(13-17-12(18-19-13)8-1-2-8)16-10-3-4-11-9(7-10)5-6-15-11/h3-4,7-8,15H,1-2,5-6H2,(H,16,20)(H,17,18,19). The summed E-state index contributed by atoms with van der Waals surface area (Å²) in [5.41, 5.74) is 3.17. The molecule has 1 saturated carbocycles. The van der Waals surface area contributed by atoms with Gasteiger partial charge in [0.1, 0.15) is 5.82 Å². The monoisotopic (exact) mass is 269 g/mol. The lowest BCUT2D eigenvalue weighted by Gasteiger charge is -2.05. The van der Waals surface area contributed by atoms with Crippen LogP contribution in [0.3, 0.4) is 0 Å². The summed E-state index contributed by atoms with van der Waals surface area (Å²) in [6, 6.07) is 5.89. The number of benzene rings is 1. The average molecular weight is 269 g/mol. The number of hydrogen-bond donors (Lipinski definition) is 3. The Morgan fingerprint density at radius 1 is 1.35 bits per heavy atom. The Kier molecular flexibility index (Phi) is 2.48. The van der Waals surface area contributed by atoms with Gasteiger partial charge in [-0.3, -0.25) is 9.89 Å². The number of fused-ring (bicyclic) bond motifs is 1. The topological polar surface area (TPSA) is 82.7 Å². The summed E-state index contributed by atoms with van der Waals surface area (Å²) in [4.78, 5) is 16.3. The predicted octanol–water partition coefficient (Wildman–Crippen LogP) is 1.90. The molecule has 0 spiro atoms. The Morgan fingerprint density at radius 3 is 3.10 bits per heavy atom. The van der Waals surface area contributed by atoms with E-state index in [1.54, 1.807) is 0 Å². The number of nitrogens with zero attached hydrogens (tertiary/aromatic N) is 2. The van der Waals surface area contributed by atoms with Gasteiger partial charge in [-0.15, -0.1) is 5.10 Å². The van der Waals surface area contributed by atoms with E-state index in [0.717, 1.165) is 43.0 Å². The zero-order valence-electron chi connectivity index (χ0n) is 10.9. The minimum Gasteiger partial charge on any atom is -0.384 e. The van der Waals surface area contributed by atoms with Crippen LogP contribution in [-0.4, -0.2) is 27.6 Å². The summed E-state index contributed by atoms with van der Waals surface area (Å²) in [6.07, 6.45) is 3.26. The number of hydrogen-bond acceptors (Lipinski definition) is 4. The second-order valence-electron chi connectivity index (χ2n) is 5.32. The zero-order chi connectivity index (χ0) is 13.5. The Balaban J connectivity index is 1.51. The minimum absolute atomic E-state index is 0.213. The molecule has 0 atom stereocenters. The summed E-state index contributed by atoms with van der Waals surface area (Å²) >= 11 is 0. The van der Waals surface area contributed by atoms with E-state index < -0.39 is 0 Å². The van der Waals surface area contributed by atoms with Crippen molar-refractivity contribution in [1.82, 2.24) is 15.2 Å². The van der Waals surface area contributed by atoms with Crippen LogP contribution in [0.5, 0.6) is 0 Å². The van der Waals surface area contributed by atoms with E-state index in [0.29, 0.717) is 5.92 Å². The average Bonchev–Trinajstić information content (AvgIpc) is 3.01. The van der Waals surface area contributed by atoms with Crippen molar-refractivity contribution in [2.45, 2.75) is 25.2 Å². The molecule has 0 bridgehead atoms. The largest absolute Gasteiger partial charge is 0.384 e. The van der Waals surface area contributed by atoms with Crippen LogP contribution < -0.4 is 10.6 Å². The molecule has 1 aromatic heterocycles. The molecule has 0 unspecified atom stereocenters. The molecule has 0 radical (unpaired) electrons. The highest BCUT2D eigenvalue weighted by Crippen LogP contribution is 2.37. The van der Waals surface area contributed by atoms with Gasteiger partial charge < -0.3 is 10.6 Å². The number of aromatic nitrogens is 3. The summed E-state index contributed by atoms with van der Waals surface area (Å²) in [5.74, 6) is 1.24.